The molecule has 8 heteroatoms. The van der Waals surface area contributed by atoms with Crippen LogP contribution in [0, 0.1) is 20.8 Å². The molecule has 1 atom stereocenters. The maximum absolute atomic E-state index is 13.1. The summed E-state index contributed by atoms with van der Waals surface area (Å²) in [6.07, 6.45) is 1.55. The van der Waals surface area contributed by atoms with Gasteiger partial charge in [0, 0.05) is 19.7 Å². The summed E-state index contributed by atoms with van der Waals surface area (Å²) in [5, 5.41) is 8.10. The van der Waals surface area contributed by atoms with Crippen molar-refractivity contribution in [1.82, 2.24) is 19.2 Å². The SMILES string of the molecule is Cc1cc([C@H]2CCCN2S(=O)(=O)c2c(C)nn(C)c2C)on1. The zero-order valence-corrected chi connectivity index (χ0v) is 14.0. The lowest BCUT2D eigenvalue weighted by Crippen LogP contribution is -2.31. The standard InChI is InChI=1S/C14H20N4O3S/c1-9-8-13(21-16-9)12-6-5-7-18(12)22(19,20)14-10(2)15-17(4)11(14)3/h8,12H,5-7H2,1-4H3/t12-/m1/s1. The third-order valence-corrected chi connectivity index (χ3v) is 6.35. The van der Waals surface area contributed by atoms with Crippen LogP contribution in [0.25, 0.3) is 0 Å². The predicted molar refractivity (Wildman–Crippen MR) is 79.8 cm³/mol. The fourth-order valence-electron chi connectivity index (χ4n) is 3.10. The molecule has 3 heterocycles. The second-order valence-corrected chi connectivity index (χ2v) is 7.60. The summed E-state index contributed by atoms with van der Waals surface area (Å²) >= 11 is 0. The second-order valence-electron chi connectivity index (χ2n) is 5.77. The molecular formula is C14H20N4O3S. The average molecular weight is 324 g/mol. The van der Waals surface area contributed by atoms with Crippen molar-refractivity contribution < 1.29 is 12.9 Å². The van der Waals surface area contributed by atoms with Gasteiger partial charge in [-0.3, -0.25) is 4.68 Å². The topological polar surface area (TPSA) is 81.2 Å². The Morgan fingerprint density at radius 2 is 2.05 bits per heavy atom. The molecule has 0 unspecified atom stereocenters. The number of rotatable bonds is 3. The van der Waals surface area contributed by atoms with Crippen LogP contribution >= 0.6 is 0 Å². The summed E-state index contributed by atoms with van der Waals surface area (Å²) in [5.41, 5.74) is 1.93. The second kappa shape index (κ2) is 5.20. The first-order valence-electron chi connectivity index (χ1n) is 7.27. The monoisotopic (exact) mass is 324 g/mol. The van der Waals surface area contributed by atoms with Crippen molar-refractivity contribution in [3.8, 4) is 0 Å². The normalized spacial score (nSPS) is 19.9. The Morgan fingerprint density at radius 3 is 2.59 bits per heavy atom. The Balaban J connectivity index is 2.04. The number of nitrogens with zero attached hydrogens (tertiary/aromatic N) is 4. The molecule has 2 aromatic rings. The van der Waals surface area contributed by atoms with Crippen LogP contribution in [0.2, 0.25) is 0 Å². The van der Waals surface area contributed by atoms with E-state index in [9.17, 15) is 8.42 Å². The first kappa shape index (κ1) is 15.2. The maximum Gasteiger partial charge on any atom is 0.247 e. The summed E-state index contributed by atoms with van der Waals surface area (Å²) in [5.74, 6) is 0.609. The molecule has 0 aliphatic carbocycles. The number of aromatic nitrogens is 3. The quantitative estimate of drug-likeness (QED) is 0.861. The number of aryl methyl sites for hydroxylation is 3. The molecule has 120 valence electrons. The van der Waals surface area contributed by atoms with E-state index >= 15 is 0 Å². The van der Waals surface area contributed by atoms with Crippen LogP contribution in [0.15, 0.2) is 15.5 Å². The Bertz CT molecular complexity index is 806. The van der Waals surface area contributed by atoms with E-state index in [4.69, 9.17) is 4.52 Å². The van der Waals surface area contributed by atoms with E-state index in [0.29, 0.717) is 28.6 Å². The zero-order chi connectivity index (χ0) is 16.1. The van der Waals surface area contributed by atoms with Crippen LogP contribution in [0.1, 0.15) is 41.7 Å². The van der Waals surface area contributed by atoms with Gasteiger partial charge in [-0.1, -0.05) is 5.16 Å². The summed E-state index contributed by atoms with van der Waals surface area (Å²) < 4.78 is 34.6. The zero-order valence-electron chi connectivity index (χ0n) is 13.2. The number of sulfonamides is 1. The highest BCUT2D eigenvalue weighted by Crippen LogP contribution is 2.38. The molecule has 7 nitrogen and oxygen atoms in total. The molecule has 0 saturated carbocycles. The van der Waals surface area contributed by atoms with Crippen molar-refractivity contribution >= 4 is 10.0 Å². The van der Waals surface area contributed by atoms with Gasteiger partial charge in [-0.05, 0) is 33.6 Å². The molecular weight excluding hydrogens is 304 g/mol. The largest absolute Gasteiger partial charge is 0.359 e. The average Bonchev–Trinajstić information content (AvgIpc) is 3.10. The molecule has 22 heavy (non-hydrogen) atoms. The Morgan fingerprint density at radius 1 is 1.32 bits per heavy atom. The van der Waals surface area contributed by atoms with E-state index in [1.54, 1.807) is 25.6 Å². The molecule has 0 spiro atoms. The smallest absolute Gasteiger partial charge is 0.247 e. The van der Waals surface area contributed by atoms with Gasteiger partial charge in [0.1, 0.15) is 4.90 Å². The molecule has 0 amide bonds. The first-order valence-corrected chi connectivity index (χ1v) is 8.71. The molecule has 0 bridgehead atoms. The van der Waals surface area contributed by atoms with Gasteiger partial charge in [-0.15, -0.1) is 0 Å². The molecule has 0 N–H and O–H groups in total. The van der Waals surface area contributed by atoms with Gasteiger partial charge in [0.25, 0.3) is 0 Å². The van der Waals surface area contributed by atoms with Gasteiger partial charge in [-0.25, -0.2) is 8.42 Å². The van der Waals surface area contributed by atoms with Crippen molar-refractivity contribution in [3.63, 3.8) is 0 Å². The summed E-state index contributed by atoms with van der Waals surface area (Å²) in [7, 11) is -1.85. The van der Waals surface area contributed by atoms with E-state index in [1.807, 2.05) is 13.0 Å². The minimum absolute atomic E-state index is 0.287. The van der Waals surface area contributed by atoms with E-state index < -0.39 is 10.0 Å². The van der Waals surface area contributed by atoms with Gasteiger partial charge in [0.15, 0.2) is 5.76 Å². The minimum atomic E-state index is -3.61. The molecule has 0 radical (unpaired) electrons. The Kier molecular flexibility index (Phi) is 3.60. The number of hydrogen-bond donors (Lipinski definition) is 0. The molecule has 1 fully saturated rings. The molecule has 2 aromatic heterocycles. The highest BCUT2D eigenvalue weighted by Gasteiger charge is 2.40. The first-order chi connectivity index (χ1) is 10.3. The van der Waals surface area contributed by atoms with Gasteiger partial charge in [-0.2, -0.15) is 9.40 Å². The van der Waals surface area contributed by atoms with Crippen LogP contribution < -0.4 is 0 Å². The van der Waals surface area contributed by atoms with E-state index in [0.717, 1.165) is 18.5 Å². The van der Waals surface area contributed by atoms with Gasteiger partial charge in [0.05, 0.1) is 23.1 Å². The minimum Gasteiger partial charge on any atom is -0.359 e. The third-order valence-electron chi connectivity index (χ3n) is 4.19. The van der Waals surface area contributed by atoms with E-state index in [1.165, 1.54) is 4.31 Å². The van der Waals surface area contributed by atoms with Crippen molar-refractivity contribution in [2.75, 3.05) is 6.54 Å². The fraction of sp³-hybridized carbons (Fsp3) is 0.571. The van der Waals surface area contributed by atoms with Crippen LogP contribution in [0.4, 0.5) is 0 Å². The highest BCUT2D eigenvalue weighted by molar-refractivity contribution is 7.89. The molecule has 1 aliphatic heterocycles. The summed E-state index contributed by atoms with van der Waals surface area (Å²) in [6.45, 7) is 5.82. The molecule has 1 aliphatic rings. The lowest BCUT2D eigenvalue weighted by Gasteiger charge is -2.22. The van der Waals surface area contributed by atoms with Crippen LogP contribution in [-0.2, 0) is 17.1 Å². The lowest BCUT2D eigenvalue weighted by atomic mass is 10.2. The Hall–Kier alpha value is -1.67. The maximum atomic E-state index is 13.1. The third kappa shape index (κ3) is 2.26. The van der Waals surface area contributed by atoms with E-state index in [-0.39, 0.29) is 6.04 Å². The highest BCUT2D eigenvalue weighted by atomic mass is 32.2. The fourth-order valence-corrected chi connectivity index (χ4v) is 5.17. The molecule has 3 rings (SSSR count). The van der Waals surface area contributed by atoms with Gasteiger partial charge < -0.3 is 4.52 Å². The van der Waals surface area contributed by atoms with Gasteiger partial charge >= 0.3 is 0 Å². The Labute approximate surface area is 129 Å². The molecule has 1 saturated heterocycles. The predicted octanol–water partition coefficient (Wildman–Crippen LogP) is 1.86. The van der Waals surface area contributed by atoms with Crippen molar-refractivity contribution in [2.24, 2.45) is 7.05 Å². The van der Waals surface area contributed by atoms with Crippen molar-refractivity contribution in [2.45, 2.75) is 44.6 Å². The summed E-state index contributed by atoms with van der Waals surface area (Å²) in [6, 6.07) is 1.52. The van der Waals surface area contributed by atoms with Crippen LogP contribution in [0.5, 0.6) is 0 Å². The van der Waals surface area contributed by atoms with Crippen LogP contribution in [0.3, 0.4) is 0 Å². The van der Waals surface area contributed by atoms with Gasteiger partial charge in [0.2, 0.25) is 10.0 Å². The van der Waals surface area contributed by atoms with Crippen molar-refractivity contribution in [3.05, 3.63) is 28.9 Å². The summed E-state index contributed by atoms with van der Waals surface area (Å²) in [4.78, 5) is 0.304. The number of hydrogen-bond acceptors (Lipinski definition) is 5. The van der Waals surface area contributed by atoms with E-state index in [2.05, 4.69) is 10.3 Å². The van der Waals surface area contributed by atoms with Crippen LogP contribution in [-0.4, -0.2) is 34.2 Å². The molecule has 0 aromatic carbocycles. The lowest BCUT2D eigenvalue weighted by molar-refractivity contribution is 0.297. The van der Waals surface area contributed by atoms with Crippen molar-refractivity contribution in [1.29, 1.82) is 0 Å².